The van der Waals surface area contributed by atoms with Crippen molar-refractivity contribution >= 4 is 27.2 Å². The molecule has 0 spiro atoms. The first-order valence-electron chi connectivity index (χ1n) is 5.72. The van der Waals surface area contributed by atoms with Crippen molar-refractivity contribution in [1.82, 2.24) is 13.9 Å². The predicted octanol–water partition coefficient (Wildman–Crippen LogP) is 0.590. The van der Waals surface area contributed by atoms with Gasteiger partial charge in [0.1, 0.15) is 0 Å². The van der Waals surface area contributed by atoms with Crippen LogP contribution in [0.4, 0.5) is 0 Å². The van der Waals surface area contributed by atoms with Gasteiger partial charge < -0.3 is 10.3 Å². The molecule has 6 nitrogen and oxygen atoms in total. The van der Waals surface area contributed by atoms with Crippen molar-refractivity contribution in [1.29, 1.82) is 0 Å². The molecule has 0 saturated heterocycles. The third-order valence-corrected chi connectivity index (χ3v) is 4.60. The summed E-state index contributed by atoms with van der Waals surface area (Å²) in [6.45, 7) is 5.02. The Morgan fingerprint density at radius 2 is 2.22 bits per heavy atom. The molecular formula is C10H18N4O2S2. The Labute approximate surface area is 113 Å². The summed E-state index contributed by atoms with van der Waals surface area (Å²) in [6.07, 6.45) is 3.41. The lowest BCUT2D eigenvalue weighted by molar-refractivity contribution is 0.435. The fourth-order valence-corrected chi connectivity index (χ4v) is 2.94. The van der Waals surface area contributed by atoms with E-state index < -0.39 is 10.0 Å². The van der Waals surface area contributed by atoms with E-state index in [0.717, 1.165) is 0 Å². The van der Waals surface area contributed by atoms with E-state index in [9.17, 15) is 8.42 Å². The number of sulfonamides is 1. The van der Waals surface area contributed by atoms with Gasteiger partial charge >= 0.3 is 0 Å². The second-order valence-corrected chi connectivity index (χ2v) is 6.16. The van der Waals surface area contributed by atoms with Crippen LogP contribution in [0.3, 0.4) is 0 Å². The number of rotatable bonds is 7. The molecular weight excluding hydrogens is 272 g/mol. The number of nitrogens with two attached hydrogens (primary N) is 1. The number of imidazole rings is 1. The van der Waals surface area contributed by atoms with Gasteiger partial charge in [0.2, 0.25) is 0 Å². The fraction of sp³-hybridized carbons (Fsp3) is 0.600. The van der Waals surface area contributed by atoms with E-state index in [-0.39, 0.29) is 11.6 Å². The zero-order valence-electron chi connectivity index (χ0n) is 10.5. The molecule has 0 amide bonds. The highest BCUT2D eigenvalue weighted by Crippen LogP contribution is 2.13. The lowest BCUT2D eigenvalue weighted by atomic mass is 10.4. The fourth-order valence-electron chi connectivity index (χ4n) is 1.46. The van der Waals surface area contributed by atoms with Gasteiger partial charge in [0, 0.05) is 32.3 Å². The molecule has 0 radical (unpaired) electrons. The summed E-state index contributed by atoms with van der Waals surface area (Å²) in [7, 11) is -3.55. The third kappa shape index (κ3) is 3.50. The van der Waals surface area contributed by atoms with Crippen molar-refractivity contribution in [2.75, 3.05) is 13.1 Å². The van der Waals surface area contributed by atoms with Crippen molar-refractivity contribution in [3.05, 3.63) is 12.5 Å². The van der Waals surface area contributed by atoms with Gasteiger partial charge in [0.25, 0.3) is 10.0 Å². The molecule has 0 fully saturated rings. The molecule has 0 bridgehead atoms. The van der Waals surface area contributed by atoms with E-state index in [1.54, 1.807) is 11.5 Å². The van der Waals surface area contributed by atoms with Gasteiger partial charge in [-0.15, -0.1) is 0 Å². The lowest BCUT2D eigenvalue weighted by Crippen LogP contribution is -2.33. The molecule has 102 valence electrons. The molecule has 0 saturated carbocycles. The number of hydrogen-bond acceptors (Lipinski definition) is 4. The minimum Gasteiger partial charge on any atom is -0.393 e. The molecule has 8 heteroatoms. The monoisotopic (exact) mass is 290 g/mol. The van der Waals surface area contributed by atoms with Gasteiger partial charge in [-0.25, -0.2) is 13.4 Å². The Hall–Kier alpha value is -0.990. The summed E-state index contributed by atoms with van der Waals surface area (Å²) < 4.78 is 27.6. The van der Waals surface area contributed by atoms with Crippen molar-refractivity contribution in [2.45, 2.75) is 31.8 Å². The van der Waals surface area contributed by atoms with Crippen LogP contribution in [0, 0.1) is 0 Å². The lowest BCUT2D eigenvalue weighted by Gasteiger charge is -2.18. The Morgan fingerprint density at radius 3 is 2.67 bits per heavy atom. The third-order valence-electron chi connectivity index (χ3n) is 2.54. The van der Waals surface area contributed by atoms with Crippen molar-refractivity contribution in [2.24, 2.45) is 5.73 Å². The Kier molecular flexibility index (Phi) is 5.24. The second-order valence-electron chi connectivity index (χ2n) is 3.76. The SMILES string of the molecule is CCN(CCC(N)=S)S(=O)(=O)c1cn(CC)cn1. The number of aryl methyl sites for hydroxylation is 1. The average molecular weight is 290 g/mol. The van der Waals surface area contributed by atoms with E-state index in [2.05, 4.69) is 4.98 Å². The standard InChI is InChI=1S/C10H18N4O2S2/c1-3-13-7-10(12-8-13)18(15,16)14(4-2)6-5-9(11)17/h7-8H,3-6H2,1-2H3,(H2,11,17). The van der Waals surface area contributed by atoms with Crippen LogP contribution in [0.25, 0.3) is 0 Å². The summed E-state index contributed by atoms with van der Waals surface area (Å²) in [5, 5.41) is 0.0640. The summed E-state index contributed by atoms with van der Waals surface area (Å²) in [5.74, 6) is 0. The molecule has 0 aliphatic heterocycles. The van der Waals surface area contributed by atoms with E-state index >= 15 is 0 Å². The normalized spacial score (nSPS) is 11.9. The maximum Gasteiger partial charge on any atom is 0.262 e. The van der Waals surface area contributed by atoms with E-state index in [0.29, 0.717) is 24.5 Å². The molecule has 0 unspecified atom stereocenters. The van der Waals surface area contributed by atoms with E-state index in [4.69, 9.17) is 18.0 Å². The van der Waals surface area contributed by atoms with Crippen molar-refractivity contribution in [3.63, 3.8) is 0 Å². The molecule has 0 aromatic carbocycles. The second kappa shape index (κ2) is 6.26. The van der Waals surface area contributed by atoms with Crippen LogP contribution >= 0.6 is 12.2 Å². The van der Waals surface area contributed by atoms with Gasteiger partial charge in [-0.05, 0) is 6.92 Å². The smallest absolute Gasteiger partial charge is 0.262 e. The topological polar surface area (TPSA) is 81.2 Å². The Morgan fingerprint density at radius 1 is 1.56 bits per heavy atom. The minimum absolute atomic E-state index is 0.0640. The molecule has 0 aliphatic carbocycles. The summed E-state index contributed by atoms with van der Waals surface area (Å²) in [6, 6.07) is 0. The molecule has 1 aromatic heterocycles. The highest BCUT2D eigenvalue weighted by atomic mass is 32.2. The Balaban J connectivity index is 2.91. The predicted molar refractivity (Wildman–Crippen MR) is 73.7 cm³/mol. The van der Waals surface area contributed by atoms with Crippen LogP contribution in [0.1, 0.15) is 20.3 Å². The highest BCUT2D eigenvalue weighted by molar-refractivity contribution is 7.89. The number of nitrogens with zero attached hydrogens (tertiary/aromatic N) is 3. The van der Waals surface area contributed by atoms with Gasteiger partial charge in [-0.1, -0.05) is 19.1 Å². The summed E-state index contributed by atoms with van der Waals surface area (Å²) in [5.41, 5.74) is 5.39. The van der Waals surface area contributed by atoms with Crippen LogP contribution in [0.5, 0.6) is 0 Å². The molecule has 1 heterocycles. The molecule has 2 N–H and O–H groups in total. The van der Waals surface area contributed by atoms with Crippen LogP contribution in [-0.2, 0) is 16.6 Å². The van der Waals surface area contributed by atoms with Gasteiger partial charge in [-0.3, -0.25) is 0 Å². The van der Waals surface area contributed by atoms with Gasteiger partial charge in [0.05, 0.1) is 11.3 Å². The van der Waals surface area contributed by atoms with E-state index in [1.807, 2.05) is 6.92 Å². The molecule has 18 heavy (non-hydrogen) atoms. The van der Waals surface area contributed by atoms with Crippen LogP contribution in [0.2, 0.25) is 0 Å². The van der Waals surface area contributed by atoms with Crippen LogP contribution in [0.15, 0.2) is 17.6 Å². The number of hydrogen-bond donors (Lipinski definition) is 1. The first-order valence-corrected chi connectivity index (χ1v) is 7.56. The highest BCUT2D eigenvalue weighted by Gasteiger charge is 2.25. The van der Waals surface area contributed by atoms with Crippen LogP contribution < -0.4 is 5.73 Å². The Bertz CT molecular complexity index is 510. The summed E-state index contributed by atoms with van der Waals surface area (Å²) in [4.78, 5) is 4.23. The number of aromatic nitrogens is 2. The average Bonchev–Trinajstić information content (AvgIpc) is 2.78. The molecule has 1 aromatic rings. The first-order chi connectivity index (χ1) is 8.41. The minimum atomic E-state index is -3.55. The molecule has 0 aliphatic rings. The maximum absolute atomic E-state index is 12.3. The van der Waals surface area contributed by atoms with Crippen molar-refractivity contribution < 1.29 is 8.42 Å². The summed E-state index contributed by atoms with van der Waals surface area (Å²) >= 11 is 4.76. The quantitative estimate of drug-likeness (QED) is 0.743. The van der Waals surface area contributed by atoms with Crippen molar-refractivity contribution in [3.8, 4) is 0 Å². The van der Waals surface area contributed by atoms with Gasteiger partial charge in [0.15, 0.2) is 5.03 Å². The maximum atomic E-state index is 12.3. The van der Waals surface area contributed by atoms with Crippen LogP contribution in [-0.4, -0.2) is 40.4 Å². The largest absolute Gasteiger partial charge is 0.393 e. The zero-order valence-corrected chi connectivity index (χ0v) is 12.2. The van der Waals surface area contributed by atoms with Gasteiger partial charge in [-0.2, -0.15) is 4.31 Å². The van der Waals surface area contributed by atoms with E-state index in [1.165, 1.54) is 16.8 Å². The first kappa shape index (κ1) is 15.1. The zero-order chi connectivity index (χ0) is 13.8. The molecule has 0 atom stereocenters. The molecule has 1 rings (SSSR count). The number of thiocarbonyl (C=S) groups is 1.